The summed E-state index contributed by atoms with van der Waals surface area (Å²) in [4.78, 5) is 11.8. The molecule has 0 aromatic heterocycles. The quantitative estimate of drug-likeness (QED) is 0.849. The lowest BCUT2D eigenvalue weighted by molar-refractivity contribution is -0.123. The van der Waals surface area contributed by atoms with Crippen molar-refractivity contribution in [2.75, 3.05) is 5.32 Å². The van der Waals surface area contributed by atoms with Crippen molar-refractivity contribution < 1.29 is 9.18 Å². The van der Waals surface area contributed by atoms with E-state index in [1.807, 2.05) is 20.8 Å². The maximum atomic E-state index is 12.8. The minimum Gasteiger partial charge on any atom is -0.325 e. The highest BCUT2D eigenvalue weighted by Gasteiger charge is 2.22. The summed E-state index contributed by atoms with van der Waals surface area (Å²) in [5, 5.41) is 3.18. The predicted octanol–water partition coefficient (Wildman–Crippen LogP) is 4.10. The second-order valence-corrected chi connectivity index (χ2v) is 5.44. The van der Waals surface area contributed by atoms with E-state index in [4.69, 9.17) is 11.6 Å². The highest BCUT2D eigenvalue weighted by Crippen LogP contribution is 2.28. The van der Waals surface area contributed by atoms with Crippen molar-refractivity contribution in [3.8, 4) is 0 Å². The van der Waals surface area contributed by atoms with Gasteiger partial charge in [0.05, 0.1) is 0 Å². The molecule has 94 valence electrons. The van der Waals surface area contributed by atoms with Crippen molar-refractivity contribution in [1.29, 1.82) is 0 Å². The van der Waals surface area contributed by atoms with E-state index < -0.39 is 12.1 Å². The third-order valence-electron chi connectivity index (χ3n) is 2.60. The molecule has 1 rings (SSSR count). The van der Waals surface area contributed by atoms with Gasteiger partial charge in [-0.25, -0.2) is 4.39 Å². The number of nitrogens with one attached hydrogen (secondary N) is 1. The van der Waals surface area contributed by atoms with E-state index in [1.165, 1.54) is 0 Å². The molecule has 0 bridgehead atoms. The molecule has 0 unspecified atom stereocenters. The van der Waals surface area contributed by atoms with Crippen LogP contribution in [0.1, 0.15) is 31.9 Å². The van der Waals surface area contributed by atoms with Gasteiger partial charge in [-0.2, -0.15) is 0 Å². The molecule has 4 heteroatoms. The fourth-order valence-corrected chi connectivity index (χ4v) is 1.59. The fourth-order valence-electron chi connectivity index (χ4n) is 1.33. The van der Waals surface area contributed by atoms with Crippen molar-refractivity contribution in [2.45, 2.75) is 34.4 Å². The lowest BCUT2D eigenvalue weighted by atomic mass is 9.95. The first-order chi connectivity index (χ1) is 7.77. The Labute approximate surface area is 106 Å². The Bertz CT molecular complexity index is 438. The van der Waals surface area contributed by atoms with E-state index in [9.17, 15) is 9.18 Å². The lowest BCUT2D eigenvalue weighted by Gasteiger charge is -2.19. The Balaban J connectivity index is 3.05. The minimum atomic E-state index is -0.635. The third kappa shape index (κ3) is 3.19. The van der Waals surface area contributed by atoms with Gasteiger partial charge in [-0.3, -0.25) is 4.79 Å². The zero-order valence-electron chi connectivity index (χ0n) is 10.5. The Morgan fingerprint density at radius 3 is 2.47 bits per heavy atom. The number of hydrogen-bond donors (Lipinski definition) is 1. The summed E-state index contributed by atoms with van der Waals surface area (Å²) >= 11 is 5.88. The van der Waals surface area contributed by atoms with Gasteiger partial charge >= 0.3 is 0 Å². The molecule has 0 aliphatic carbocycles. The van der Waals surface area contributed by atoms with E-state index in [0.29, 0.717) is 21.8 Å². The predicted molar refractivity (Wildman–Crippen MR) is 69.1 cm³/mol. The smallest absolute Gasteiger partial charge is 0.229 e. The van der Waals surface area contributed by atoms with E-state index in [-0.39, 0.29) is 5.91 Å². The number of benzene rings is 1. The Morgan fingerprint density at radius 2 is 2.00 bits per heavy atom. The molecule has 0 saturated heterocycles. The zero-order valence-corrected chi connectivity index (χ0v) is 11.3. The molecule has 0 saturated carbocycles. The summed E-state index contributed by atoms with van der Waals surface area (Å²) < 4.78 is 12.8. The highest BCUT2D eigenvalue weighted by atomic mass is 35.5. The van der Waals surface area contributed by atoms with Gasteiger partial charge in [-0.15, -0.1) is 0 Å². The van der Waals surface area contributed by atoms with Crippen LogP contribution in [0.5, 0.6) is 0 Å². The molecule has 2 nitrogen and oxygen atoms in total. The first-order valence-corrected chi connectivity index (χ1v) is 5.80. The fraction of sp³-hybridized carbons (Fsp3) is 0.462. The second kappa shape index (κ2) is 5.05. The van der Waals surface area contributed by atoms with Crippen LogP contribution >= 0.6 is 11.6 Å². The van der Waals surface area contributed by atoms with Gasteiger partial charge in [0.25, 0.3) is 0 Å². The topological polar surface area (TPSA) is 29.1 Å². The monoisotopic (exact) mass is 257 g/mol. The van der Waals surface area contributed by atoms with Crippen molar-refractivity contribution in [3.63, 3.8) is 0 Å². The third-order valence-corrected chi connectivity index (χ3v) is 2.96. The molecular weight excluding hydrogens is 241 g/mol. The summed E-state index contributed by atoms with van der Waals surface area (Å²) in [7, 11) is 0. The maximum absolute atomic E-state index is 12.8. The highest BCUT2D eigenvalue weighted by molar-refractivity contribution is 6.31. The molecule has 1 aromatic carbocycles. The molecule has 0 aliphatic rings. The Kier molecular flexibility index (Phi) is 4.15. The van der Waals surface area contributed by atoms with Gasteiger partial charge in [-0.1, -0.05) is 32.4 Å². The molecule has 0 fully saturated rings. The molecular formula is C13H17ClFNO. The zero-order chi connectivity index (χ0) is 13.2. The lowest BCUT2D eigenvalue weighted by Crippen LogP contribution is -2.28. The van der Waals surface area contributed by atoms with Crippen LogP contribution in [0.15, 0.2) is 12.1 Å². The van der Waals surface area contributed by atoms with E-state index >= 15 is 0 Å². The number of rotatable bonds is 2. The largest absolute Gasteiger partial charge is 0.325 e. The number of hydrogen-bond acceptors (Lipinski definition) is 1. The van der Waals surface area contributed by atoms with Crippen LogP contribution in [0.4, 0.5) is 10.1 Å². The van der Waals surface area contributed by atoms with Crippen molar-refractivity contribution in [1.82, 2.24) is 0 Å². The average molecular weight is 258 g/mol. The van der Waals surface area contributed by atoms with Gasteiger partial charge in [0.15, 0.2) is 0 Å². The summed E-state index contributed by atoms with van der Waals surface area (Å²) in [6, 6.07) is 3.29. The summed E-state index contributed by atoms with van der Waals surface area (Å²) in [5.41, 5.74) is 1.24. The number of halogens is 2. The van der Waals surface area contributed by atoms with Crippen LogP contribution in [-0.2, 0) is 11.5 Å². The van der Waals surface area contributed by atoms with Crippen LogP contribution in [0.3, 0.4) is 0 Å². The van der Waals surface area contributed by atoms with Gasteiger partial charge in [0.2, 0.25) is 5.91 Å². The van der Waals surface area contributed by atoms with Crippen LogP contribution in [0.25, 0.3) is 0 Å². The SMILES string of the molecule is Cc1c(NC(=O)C(C)(C)C)ccc(Cl)c1CF. The standard InChI is InChI=1S/C13H17ClFNO/c1-8-9(7-15)10(14)5-6-11(8)16-12(17)13(2,3)4/h5-6H,7H2,1-4H3,(H,16,17). The average Bonchev–Trinajstić information content (AvgIpc) is 2.21. The van der Waals surface area contributed by atoms with Crippen molar-refractivity contribution in [2.24, 2.45) is 5.41 Å². The number of alkyl halides is 1. The molecule has 1 amide bonds. The summed E-state index contributed by atoms with van der Waals surface area (Å²) in [6.07, 6.45) is 0. The first-order valence-electron chi connectivity index (χ1n) is 5.42. The van der Waals surface area contributed by atoms with Gasteiger partial charge < -0.3 is 5.32 Å². The van der Waals surface area contributed by atoms with E-state index in [1.54, 1.807) is 19.1 Å². The summed E-state index contributed by atoms with van der Waals surface area (Å²) in [6.45, 7) is 6.58. The molecule has 1 aromatic rings. The number of anilines is 1. The van der Waals surface area contributed by atoms with Gasteiger partial charge in [0, 0.05) is 21.7 Å². The molecule has 0 atom stereocenters. The molecule has 1 N–H and O–H groups in total. The van der Waals surface area contributed by atoms with Crippen LogP contribution in [0, 0.1) is 12.3 Å². The normalized spacial score (nSPS) is 11.4. The summed E-state index contributed by atoms with van der Waals surface area (Å²) in [5.74, 6) is -0.104. The maximum Gasteiger partial charge on any atom is 0.229 e. The Morgan fingerprint density at radius 1 is 1.41 bits per heavy atom. The van der Waals surface area contributed by atoms with Crippen molar-refractivity contribution >= 4 is 23.2 Å². The molecule has 0 radical (unpaired) electrons. The Hall–Kier alpha value is -1.09. The van der Waals surface area contributed by atoms with Crippen molar-refractivity contribution in [3.05, 3.63) is 28.3 Å². The molecule has 17 heavy (non-hydrogen) atoms. The molecule has 0 aliphatic heterocycles. The van der Waals surface area contributed by atoms with Gasteiger partial charge in [-0.05, 0) is 24.6 Å². The van der Waals surface area contributed by atoms with Crippen LogP contribution in [0.2, 0.25) is 5.02 Å². The number of carbonyl (C=O) groups excluding carboxylic acids is 1. The van der Waals surface area contributed by atoms with E-state index in [2.05, 4.69) is 5.32 Å². The van der Waals surface area contributed by atoms with E-state index in [0.717, 1.165) is 0 Å². The number of amides is 1. The second-order valence-electron chi connectivity index (χ2n) is 5.04. The molecule has 0 spiro atoms. The van der Waals surface area contributed by atoms with Crippen LogP contribution in [-0.4, -0.2) is 5.91 Å². The number of carbonyl (C=O) groups is 1. The van der Waals surface area contributed by atoms with Crippen LogP contribution < -0.4 is 5.32 Å². The minimum absolute atomic E-state index is 0.104. The van der Waals surface area contributed by atoms with Gasteiger partial charge in [0.1, 0.15) is 6.67 Å². The molecule has 0 heterocycles. The first kappa shape index (κ1) is 14.0.